The van der Waals surface area contributed by atoms with Crippen molar-refractivity contribution >= 4 is 11.9 Å². The van der Waals surface area contributed by atoms with Crippen molar-refractivity contribution in [1.29, 1.82) is 0 Å². The highest BCUT2D eigenvalue weighted by molar-refractivity contribution is 5.89. The Bertz CT molecular complexity index is 410. The van der Waals surface area contributed by atoms with Crippen molar-refractivity contribution in [3.05, 3.63) is 35.9 Å². The molecule has 1 aromatic carbocycles. The number of rotatable bonds is 4. The fourth-order valence-corrected chi connectivity index (χ4v) is 1.25. The molecule has 1 atom stereocenters. The Morgan fingerprint density at radius 1 is 1.29 bits per heavy atom. The summed E-state index contributed by atoms with van der Waals surface area (Å²) in [5.74, 6) is -1.62. The number of carboxylic acid groups (broad SMARTS) is 1. The van der Waals surface area contributed by atoms with E-state index >= 15 is 0 Å². The molecule has 0 radical (unpaired) electrons. The standard InChI is InChI=1S/C12H16N2O3/c1-12(2,13)11(17)14-9(10(15)16)8-6-4-3-5-7-8/h3-7,9H,13H2,1-2H3,(H,14,17)(H,15,16)/t9-/m1/s1. The van der Waals surface area contributed by atoms with Gasteiger partial charge >= 0.3 is 5.97 Å². The van der Waals surface area contributed by atoms with Crippen LogP contribution < -0.4 is 11.1 Å². The Morgan fingerprint density at radius 2 is 1.82 bits per heavy atom. The molecule has 1 amide bonds. The number of nitrogens with one attached hydrogen (secondary N) is 1. The van der Waals surface area contributed by atoms with E-state index in [1.54, 1.807) is 30.3 Å². The number of carboxylic acids is 1. The van der Waals surface area contributed by atoms with Crippen molar-refractivity contribution < 1.29 is 14.7 Å². The summed E-state index contributed by atoms with van der Waals surface area (Å²) in [5.41, 5.74) is 5.00. The van der Waals surface area contributed by atoms with E-state index in [-0.39, 0.29) is 0 Å². The molecule has 0 heterocycles. The number of carbonyl (C=O) groups is 2. The summed E-state index contributed by atoms with van der Waals surface area (Å²) in [6, 6.07) is 7.41. The molecular weight excluding hydrogens is 220 g/mol. The van der Waals surface area contributed by atoms with E-state index in [1.165, 1.54) is 13.8 Å². The summed E-state index contributed by atoms with van der Waals surface area (Å²) in [5, 5.41) is 11.5. The lowest BCUT2D eigenvalue weighted by molar-refractivity contribution is -0.142. The van der Waals surface area contributed by atoms with Crippen LogP contribution in [0.3, 0.4) is 0 Å². The van der Waals surface area contributed by atoms with Gasteiger partial charge in [0.25, 0.3) is 0 Å². The lowest BCUT2D eigenvalue weighted by Crippen LogP contribution is -2.51. The Hall–Kier alpha value is -1.88. The van der Waals surface area contributed by atoms with E-state index < -0.39 is 23.5 Å². The highest BCUT2D eigenvalue weighted by Gasteiger charge is 2.28. The molecule has 1 rings (SSSR count). The highest BCUT2D eigenvalue weighted by atomic mass is 16.4. The first-order valence-corrected chi connectivity index (χ1v) is 5.20. The van der Waals surface area contributed by atoms with Gasteiger partial charge in [-0.1, -0.05) is 30.3 Å². The lowest BCUT2D eigenvalue weighted by Gasteiger charge is -2.22. The number of hydrogen-bond donors (Lipinski definition) is 3. The van der Waals surface area contributed by atoms with Crippen LogP contribution in [0.2, 0.25) is 0 Å². The van der Waals surface area contributed by atoms with Crippen molar-refractivity contribution in [2.75, 3.05) is 0 Å². The van der Waals surface area contributed by atoms with E-state index in [1.807, 2.05) is 0 Å². The monoisotopic (exact) mass is 236 g/mol. The van der Waals surface area contributed by atoms with Crippen LogP contribution in [0.4, 0.5) is 0 Å². The van der Waals surface area contributed by atoms with E-state index in [2.05, 4.69) is 5.32 Å². The molecule has 0 bridgehead atoms. The SMILES string of the molecule is CC(C)(N)C(=O)N[C@@H](C(=O)O)c1ccccc1. The van der Waals surface area contributed by atoms with Crippen molar-refractivity contribution in [3.63, 3.8) is 0 Å². The number of benzene rings is 1. The highest BCUT2D eigenvalue weighted by Crippen LogP contribution is 2.13. The van der Waals surface area contributed by atoms with Crippen molar-refractivity contribution in [2.45, 2.75) is 25.4 Å². The first-order chi connectivity index (χ1) is 7.82. The summed E-state index contributed by atoms with van der Waals surface area (Å²) in [6.45, 7) is 3.04. The summed E-state index contributed by atoms with van der Waals surface area (Å²) in [6.07, 6.45) is 0. The van der Waals surface area contributed by atoms with Crippen LogP contribution in [0.1, 0.15) is 25.5 Å². The zero-order valence-electron chi connectivity index (χ0n) is 9.81. The molecule has 0 saturated heterocycles. The number of nitrogens with two attached hydrogens (primary N) is 1. The van der Waals surface area contributed by atoms with Gasteiger partial charge < -0.3 is 16.2 Å². The van der Waals surface area contributed by atoms with E-state index in [0.717, 1.165) is 0 Å². The minimum atomic E-state index is -1.12. The predicted octanol–water partition coefficient (Wildman–Crippen LogP) is 0.666. The second kappa shape index (κ2) is 4.97. The van der Waals surface area contributed by atoms with E-state index in [4.69, 9.17) is 10.8 Å². The molecule has 5 heteroatoms. The fourth-order valence-electron chi connectivity index (χ4n) is 1.25. The summed E-state index contributed by atoms with van der Waals surface area (Å²) in [4.78, 5) is 22.8. The van der Waals surface area contributed by atoms with Crippen LogP contribution in [-0.4, -0.2) is 22.5 Å². The molecule has 92 valence electrons. The molecule has 0 unspecified atom stereocenters. The number of carbonyl (C=O) groups excluding carboxylic acids is 1. The molecular formula is C12H16N2O3. The minimum absolute atomic E-state index is 0.506. The van der Waals surface area contributed by atoms with Gasteiger partial charge in [-0.15, -0.1) is 0 Å². The zero-order chi connectivity index (χ0) is 13.1. The molecule has 0 aliphatic carbocycles. The Kier molecular flexibility index (Phi) is 3.85. The third-order valence-electron chi connectivity index (χ3n) is 2.24. The third kappa shape index (κ3) is 3.57. The van der Waals surface area contributed by atoms with Gasteiger partial charge in [0, 0.05) is 0 Å². The fraction of sp³-hybridized carbons (Fsp3) is 0.333. The molecule has 1 aromatic rings. The number of amides is 1. The molecule has 0 fully saturated rings. The van der Waals surface area contributed by atoms with Gasteiger partial charge in [-0.25, -0.2) is 4.79 Å². The van der Waals surface area contributed by atoms with Gasteiger partial charge in [-0.05, 0) is 19.4 Å². The van der Waals surface area contributed by atoms with Gasteiger partial charge in [0.15, 0.2) is 6.04 Å². The number of aliphatic carboxylic acids is 1. The van der Waals surface area contributed by atoms with E-state index in [0.29, 0.717) is 5.56 Å². The first kappa shape index (κ1) is 13.2. The van der Waals surface area contributed by atoms with Gasteiger partial charge in [0.1, 0.15) is 0 Å². The Morgan fingerprint density at radius 3 is 2.24 bits per heavy atom. The van der Waals surface area contributed by atoms with Crippen molar-refractivity contribution in [2.24, 2.45) is 5.73 Å². The largest absolute Gasteiger partial charge is 0.479 e. The maximum absolute atomic E-state index is 11.7. The predicted molar refractivity (Wildman–Crippen MR) is 63.2 cm³/mol. The second-order valence-corrected chi connectivity index (χ2v) is 4.38. The van der Waals surface area contributed by atoms with E-state index in [9.17, 15) is 9.59 Å². The minimum Gasteiger partial charge on any atom is -0.479 e. The average Bonchev–Trinajstić information content (AvgIpc) is 2.25. The Labute approximate surface area is 99.6 Å². The van der Waals surface area contributed by atoms with Crippen molar-refractivity contribution in [1.82, 2.24) is 5.32 Å². The molecule has 0 aromatic heterocycles. The van der Waals surface area contributed by atoms with Crippen LogP contribution in [0.25, 0.3) is 0 Å². The first-order valence-electron chi connectivity index (χ1n) is 5.20. The van der Waals surface area contributed by atoms with Gasteiger partial charge in [0.05, 0.1) is 5.54 Å². The molecule has 17 heavy (non-hydrogen) atoms. The summed E-state index contributed by atoms with van der Waals surface area (Å²) in [7, 11) is 0. The van der Waals surface area contributed by atoms with Gasteiger partial charge in [-0.3, -0.25) is 4.79 Å². The van der Waals surface area contributed by atoms with Crippen LogP contribution in [-0.2, 0) is 9.59 Å². The second-order valence-electron chi connectivity index (χ2n) is 4.38. The molecule has 0 aliphatic rings. The average molecular weight is 236 g/mol. The lowest BCUT2D eigenvalue weighted by atomic mass is 10.0. The topological polar surface area (TPSA) is 92.4 Å². The molecule has 0 spiro atoms. The Balaban J connectivity index is 2.90. The third-order valence-corrected chi connectivity index (χ3v) is 2.24. The van der Waals surface area contributed by atoms with Crippen LogP contribution >= 0.6 is 0 Å². The van der Waals surface area contributed by atoms with Gasteiger partial charge in [0.2, 0.25) is 5.91 Å². The molecule has 0 saturated carbocycles. The molecule has 0 aliphatic heterocycles. The smallest absolute Gasteiger partial charge is 0.330 e. The quantitative estimate of drug-likeness (QED) is 0.716. The van der Waals surface area contributed by atoms with Gasteiger partial charge in [-0.2, -0.15) is 0 Å². The number of hydrogen-bond acceptors (Lipinski definition) is 3. The zero-order valence-corrected chi connectivity index (χ0v) is 9.81. The molecule has 4 N–H and O–H groups in total. The van der Waals surface area contributed by atoms with Crippen LogP contribution in [0, 0.1) is 0 Å². The van der Waals surface area contributed by atoms with Crippen LogP contribution in [0.5, 0.6) is 0 Å². The molecule has 5 nitrogen and oxygen atoms in total. The normalized spacial score (nSPS) is 12.9. The maximum Gasteiger partial charge on any atom is 0.330 e. The van der Waals surface area contributed by atoms with Crippen LogP contribution in [0.15, 0.2) is 30.3 Å². The maximum atomic E-state index is 11.7. The summed E-state index contributed by atoms with van der Waals surface area (Å²) < 4.78 is 0. The van der Waals surface area contributed by atoms with Crippen molar-refractivity contribution in [3.8, 4) is 0 Å². The summed E-state index contributed by atoms with van der Waals surface area (Å²) >= 11 is 0.